The van der Waals surface area contributed by atoms with Crippen molar-refractivity contribution in [1.82, 2.24) is 14.9 Å². The lowest BCUT2D eigenvalue weighted by molar-refractivity contribution is 0.588. The molecule has 0 radical (unpaired) electrons. The van der Waals surface area contributed by atoms with Crippen molar-refractivity contribution in [2.75, 3.05) is 18.1 Å². The van der Waals surface area contributed by atoms with Crippen molar-refractivity contribution in [3.8, 4) is 0 Å². The fraction of sp³-hybridized carbons (Fsp3) is 0.250. The number of rotatable bonds is 5. The van der Waals surface area contributed by atoms with Gasteiger partial charge in [-0.15, -0.1) is 0 Å². The van der Waals surface area contributed by atoms with Crippen molar-refractivity contribution < 1.29 is 8.42 Å². The lowest BCUT2D eigenvalue weighted by atomic mass is 10.2. The summed E-state index contributed by atoms with van der Waals surface area (Å²) in [5, 5.41) is 9.93. The smallest absolute Gasteiger partial charge is 0.240 e. The molecule has 1 aromatic heterocycles. The minimum atomic E-state index is -3.48. The number of hydrogen-bond donors (Lipinski definition) is 4. The highest BCUT2D eigenvalue weighted by atomic mass is 32.2. The molecule has 0 amide bonds. The fourth-order valence-corrected chi connectivity index (χ4v) is 2.50. The Balaban J connectivity index is 2.17. The molecule has 20 heavy (non-hydrogen) atoms. The monoisotopic (exact) mass is 295 g/mol. The van der Waals surface area contributed by atoms with Gasteiger partial charge in [-0.1, -0.05) is 0 Å². The van der Waals surface area contributed by atoms with Gasteiger partial charge in [0.2, 0.25) is 10.0 Å². The predicted molar refractivity (Wildman–Crippen MR) is 77.8 cm³/mol. The van der Waals surface area contributed by atoms with E-state index in [4.69, 9.17) is 5.73 Å². The first kappa shape index (κ1) is 14.4. The number of sulfonamides is 1. The lowest BCUT2D eigenvalue weighted by Gasteiger charge is -2.10. The van der Waals surface area contributed by atoms with E-state index in [1.165, 1.54) is 19.2 Å². The molecule has 0 aliphatic rings. The summed E-state index contributed by atoms with van der Waals surface area (Å²) >= 11 is 0. The number of aryl methyl sites for hydroxylation is 1. The maximum absolute atomic E-state index is 11.7. The molecule has 0 spiro atoms. The van der Waals surface area contributed by atoms with Crippen molar-refractivity contribution in [3.05, 3.63) is 35.7 Å². The third-order valence-electron chi connectivity index (χ3n) is 3.01. The average Bonchev–Trinajstić information content (AvgIpc) is 2.83. The summed E-state index contributed by atoms with van der Waals surface area (Å²) < 4.78 is 25.6. The molecule has 8 heteroatoms. The molecule has 1 aromatic carbocycles. The molecular weight excluding hydrogens is 278 g/mol. The van der Waals surface area contributed by atoms with E-state index in [1.54, 1.807) is 12.3 Å². The van der Waals surface area contributed by atoms with Gasteiger partial charge in [-0.25, -0.2) is 13.1 Å². The lowest BCUT2D eigenvalue weighted by Crippen LogP contribution is -2.18. The Morgan fingerprint density at radius 2 is 2.15 bits per heavy atom. The molecular formula is C12H17N5O2S. The Kier molecular flexibility index (Phi) is 3.96. The fourth-order valence-electron chi connectivity index (χ4n) is 1.73. The molecule has 0 aliphatic carbocycles. The van der Waals surface area contributed by atoms with Crippen LogP contribution in [-0.2, 0) is 16.6 Å². The number of nitrogens with zero attached hydrogens (tertiary/aromatic N) is 1. The van der Waals surface area contributed by atoms with Crippen LogP contribution in [0.15, 0.2) is 29.3 Å². The SMILES string of the molecule is CNS(=O)(=O)c1ccc(NCc2cn[nH]c2C)c(N)c1. The van der Waals surface area contributed by atoms with Gasteiger partial charge in [0.05, 0.1) is 22.5 Å². The summed E-state index contributed by atoms with van der Waals surface area (Å²) in [6.45, 7) is 2.49. The summed E-state index contributed by atoms with van der Waals surface area (Å²) in [5.41, 5.74) is 8.93. The number of aromatic amines is 1. The highest BCUT2D eigenvalue weighted by molar-refractivity contribution is 7.89. The Bertz CT molecular complexity index is 708. The predicted octanol–water partition coefficient (Wildman–Crippen LogP) is 0.821. The van der Waals surface area contributed by atoms with Crippen LogP contribution in [0.3, 0.4) is 0 Å². The second-order valence-electron chi connectivity index (χ2n) is 4.33. The van der Waals surface area contributed by atoms with Crippen LogP contribution in [0, 0.1) is 6.92 Å². The van der Waals surface area contributed by atoms with E-state index in [0.29, 0.717) is 17.9 Å². The van der Waals surface area contributed by atoms with Gasteiger partial charge in [0.25, 0.3) is 0 Å². The van der Waals surface area contributed by atoms with Crippen LogP contribution in [0.2, 0.25) is 0 Å². The Morgan fingerprint density at radius 3 is 2.70 bits per heavy atom. The number of anilines is 2. The number of nitrogens with two attached hydrogens (primary N) is 1. The van der Waals surface area contributed by atoms with Crippen LogP contribution in [-0.4, -0.2) is 25.7 Å². The Hall–Kier alpha value is -2.06. The zero-order chi connectivity index (χ0) is 14.8. The maximum Gasteiger partial charge on any atom is 0.240 e. The molecule has 0 atom stereocenters. The number of hydrogen-bond acceptors (Lipinski definition) is 5. The van der Waals surface area contributed by atoms with E-state index < -0.39 is 10.0 Å². The van der Waals surface area contributed by atoms with Gasteiger partial charge in [0, 0.05) is 17.8 Å². The van der Waals surface area contributed by atoms with Crippen LogP contribution >= 0.6 is 0 Å². The summed E-state index contributed by atoms with van der Waals surface area (Å²) in [6.07, 6.45) is 1.73. The van der Waals surface area contributed by atoms with E-state index in [2.05, 4.69) is 20.2 Å². The summed E-state index contributed by atoms with van der Waals surface area (Å²) in [4.78, 5) is 0.141. The first-order valence-electron chi connectivity index (χ1n) is 6.00. The van der Waals surface area contributed by atoms with Crippen molar-refractivity contribution >= 4 is 21.4 Å². The number of nitrogens with one attached hydrogen (secondary N) is 3. The minimum Gasteiger partial charge on any atom is -0.397 e. The van der Waals surface area contributed by atoms with E-state index in [0.717, 1.165) is 11.3 Å². The number of nitrogen functional groups attached to an aromatic ring is 1. The molecule has 0 saturated carbocycles. The van der Waals surface area contributed by atoms with Gasteiger partial charge >= 0.3 is 0 Å². The molecule has 5 N–H and O–H groups in total. The number of benzene rings is 1. The van der Waals surface area contributed by atoms with Crippen LogP contribution < -0.4 is 15.8 Å². The first-order chi connectivity index (χ1) is 9.44. The van der Waals surface area contributed by atoms with Gasteiger partial charge in [-0.2, -0.15) is 5.10 Å². The van der Waals surface area contributed by atoms with E-state index in [-0.39, 0.29) is 4.90 Å². The maximum atomic E-state index is 11.7. The molecule has 0 saturated heterocycles. The highest BCUT2D eigenvalue weighted by Gasteiger charge is 2.13. The highest BCUT2D eigenvalue weighted by Crippen LogP contribution is 2.23. The number of H-pyrrole nitrogens is 1. The van der Waals surface area contributed by atoms with Crippen LogP contribution in [0.5, 0.6) is 0 Å². The van der Waals surface area contributed by atoms with Crippen molar-refractivity contribution in [2.45, 2.75) is 18.4 Å². The molecule has 0 fully saturated rings. The second kappa shape index (κ2) is 5.51. The van der Waals surface area contributed by atoms with E-state index in [1.807, 2.05) is 6.92 Å². The quantitative estimate of drug-likeness (QED) is 0.610. The summed E-state index contributed by atoms with van der Waals surface area (Å²) in [7, 11) is -2.11. The van der Waals surface area contributed by atoms with Crippen molar-refractivity contribution in [1.29, 1.82) is 0 Å². The molecule has 2 rings (SSSR count). The second-order valence-corrected chi connectivity index (χ2v) is 6.22. The zero-order valence-corrected chi connectivity index (χ0v) is 12.1. The van der Waals surface area contributed by atoms with Crippen LogP contribution in [0.1, 0.15) is 11.3 Å². The third kappa shape index (κ3) is 2.91. The zero-order valence-electron chi connectivity index (χ0n) is 11.3. The van der Waals surface area contributed by atoms with Crippen LogP contribution in [0.25, 0.3) is 0 Å². The number of aromatic nitrogens is 2. The van der Waals surface area contributed by atoms with Gasteiger partial charge in [-0.3, -0.25) is 5.10 Å². The summed E-state index contributed by atoms with van der Waals surface area (Å²) in [5.74, 6) is 0. The minimum absolute atomic E-state index is 0.141. The van der Waals surface area contributed by atoms with Gasteiger partial charge < -0.3 is 11.1 Å². The molecule has 0 unspecified atom stereocenters. The molecule has 108 valence electrons. The third-order valence-corrected chi connectivity index (χ3v) is 4.42. The molecule has 7 nitrogen and oxygen atoms in total. The first-order valence-corrected chi connectivity index (χ1v) is 7.48. The summed E-state index contributed by atoms with van der Waals surface area (Å²) in [6, 6.07) is 4.58. The molecule has 0 bridgehead atoms. The molecule has 1 heterocycles. The van der Waals surface area contributed by atoms with Gasteiger partial charge in [0.15, 0.2) is 0 Å². The Labute approximate surface area is 117 Å². The topological polar surface area (TPSA) is 113 Å². The van der Waals surface area contributed by atoms with Gasteiger partial charge in [-0.05, 0) is 32.2 Å². The average molecular weight is 295 g/mol. The largest absolute Gasteiger partial charge is 0.397 e. The van der Waals surface area contributed by atoms with Gasteiger partial charge in [0.1, 0.15) is 0 Å². The van der Waals surface area contributed by atoms with E-state index >= 15 is 0 Å². The van der Waals surface area contributed by atoms with Crippen LogP contribution in [0.4, 0.5) is 11.4 Å². The Morgan fingerprint density at radius 1 is 1.40 bits per heavy atom. The van der Waals surface area contributed by atoms with Crippen molar-refractivity contribution in [2.24, 2.45) is 0 Å². The normalized spacial score (nSPS) is 11.5. The standard InChI is InChI=1S/C12H17N5O2S/c1-8-9(7-16-17-8)6-15-12-4-3-10(5-11(12)13)20(18,19)14-2/h3-5,7,14-15H,6,13H2,1-2H3,(H,16,17). The van der Waals surface area contributed by atoms with Crippen molar-refractivity contribution in [3.63, 3.8) is 0 Å². The molecule has 0 aliphatic heterocycles. The molecule has 2 aromatic rings. The van der Waals surface area contributed by atoms with E-state index in [9.17, 15) is 8.42 Å².